The van der Waals surface area contributed by atoms with E-state index in [9.17, 15) is 17.6 Å². The summed E-state index contributed by atoms with van der Waals surface area (Å²) < 4.78 is 45.0. The van der Waals surface area contributed by atoms with Crippen molar-refractivity contribution in [1.82, 2.24) is 10.3 Å². The molecule has 0 bridgehead atoms. The number of ether oxygens (including phenoxy) is 1. The number of aromatic nitrogens is 1. The van der Waals surface area contributed by atoms with E-state index in [0.29, 0.717) is 17.9 Å². The van der Waals surface area contributed by atoms with E-state index in [1.807, 2.05) is 6.92 Å². The molecule has 0 fully saturated rings. The second kappa shape index (κ2) is 10.2. The van der Waals surface area contributed by atoms with Gasteiger partial charge in [0.05, 0.1) is 17.9 Å². The predicted molar refractivity (Wildman–Crippen MR) is 115 cm³/mol. The van der Waals surface area contributed by atoms with Gasteiger partial charge in [0.2, 0.25) is 5.91 Å². The third-order valence-corrected chi connectivity index (χ3v) is 6.77. The molecule has 0 spiro atoms. The predicted octanol–water partition coefficient (Wildman–Crippen LogP) is 3.49. The standard InChI is InChI=1S/C23H23FN2O4S/c1-2-30-20-9-5-17(6-10-20)14-23(27)26-16-22(18-4-3-13-25-15-18)31(28,29)21-11-7-19(24)8-12-21/h3-13,15,22H,2,14,16H2,1H3,(H,26,27). The second-order valence-electron chi connectivity index (χ2n) is 6.83. The van der Waals surface area contributed by atoms with Crippen LogP contribution in [0.4, 0.5) is 4.39 Å². The molecule has 1 amide bonds. The number of carbonyl (C=O) groups excluding carboxylic acids is 1. The summed E-state index contributed by atoms with van der Waals surface area (Å²) in [7, 11) is -3.89. The minimum absolute atomic E-state index is 0.0245. The number of nitrogens with zero attached hydrogens (tertiary/aromatic N) is 1. The summed E-state index contributed by atoms with van der Waals surface area (Å²) in [5.41, 5.74) is 1.22. The first kappa shape index (κ1) is 22.4. The van der Waals surface area contributed by atoms with E-state index in [2.05, 4.69) is 10.3 Å². The minimum atomic E-state index is -3.89. The van der Waals surface area contributed by atoms with Crippen molar-refractivity contribution < 1.29 is 22.3 Å². The molecule has 31 heavy (non-hydrogen) atoms. The Balaban J connectivity index is 1.75. The highest BCUT2D eigenvalue weighted by atomic mass is 32.2. The molecule has 2 aromatic carbocycles. The quantitative estimate of drug-likeness (QED) is 0.513. The van der Waals surface area contributed by atoms with Crippen molar-refractivity contribution in [1.29, 1.82) is 0 Å². The Morgan fingerprint density at radius 2 is 1.81 bits per heavy atom. The number of sulfone groups is 1. The molecule has 0 saturated heterocycles. The maximum atomic E-state index is 13.3. The summed E-state index contributed by atoms with van der Waals surface area (Å²) >= 11 is 0. The number of hydrogen-bond donors (Lipinski definition) is 1. The average molecular weight is 443 g/mol. The number of hydrogen-bond acceptors (Lipinski definition) is 5. The molecule has 0 radical (unpaired) electrons. The van der Waals surface area contributed by atoms with Crippen molar-refractivity contribution in [2.24, 2.45) is 0 Å². The highest BCUT2D eigenvalue weighted by molar-refractivity contribution is 7.91. The number of rotatable bonds is 9. The molecule has 1 heterocycles. The van der Waals surface area contributed by atoms with E-state index >= 15 is 0 Å². The summed E-state index contributed by atoms with van der Waals surface area (Å²) in [6.45, 7) is 2.30. The van der Waals surface area contributed by atoms with Gasteiger partial charge in [0.15, 0.2) is 9.84 Å². The zero-order valence-electron chi connectivity index (χ0n) is 17.0. The summed E-state index contributed by atoms with van der Waals surface area (Å²) in [4.78, 5) is 16.4. The van der Waals surface area contributed by atoms with Crippen LogP contribution in [0.15, 0.2) is 78.0 Å². The lowest BCUT2D eigenvalue weighted by atomic mass is 10.1. The lowest BCUT2D eigenvalue weighted by Crippen LogP contribution is -2.33. The monoisotopic (exact) mass is 442 g/mol. The van der Waals surface area contributed by atoms with Gasteiger partial charge in [0.25, 0.3) is 0 Å². The van der Waals surface area contributed by atoms with Crippen LogP contribution < -0.4 is 10.1 Å². The van der Waals surface area contributed by atoms with Crippen LogP contribution in [0.1, 0.15) is 23.3 Å². The van der Waals surface area contributed by atoms with Gasteiger partial charge in [0.1, 0.15) is 16.8 Å². The molecule has 3 rings (SSSR count). The fourth-order valence-electron chi connectivity index (χ4n) is 3.09. The van der Waals surface area contributed by atoms with Gasteiger partial charge in [-0.15, -0.1) is 0 Å². The van der Waals surface area contributed by atoms with Gasteiger partial charge in [-0.05, 0) is 60.5 Å². The maximum Gasteiger partial charge on any atom is 0.224 e. The fourth-order valence-corrected chi connectivity index (χ4v) is 4.73. The molecule has 6 nitrogen and oxygen atoms in total. The molecule has 8 heteroatoms. The van der Waals surface area contributed by atoms with E-state index in [4.69, 9.17) is 4.74 Å². The summed E-state index contributed by atoms with van der Waals surface area (Å²) in [6.07, 6.45) is 3.09. The smallest absolute Gasteiger partial charge is 0.224 e. The Hall–Kier alpha value is -3.26. The lowest BCUT2D eigenvalue weighted by molar-refractivity contribution is -0.120. The van der Waals surface area contributed by atoms with Crippen molar-refractivity contribution in [3.63, 3.8) is 0 Å². The molecular formula is C23H23FN2O4S. The van der Waals surface area contributed by atoms with Gasteiger partial charge in [-0.2, -0.15) is 0 Å². The molecule has 162 valence electrons. The SMILES string of the molecule is CCOc1ccc(CC(=O)NCC(c2cccnc2)S(=O)(=O)c2ccc(F)cc2)cc1. The molecule has 0 aliphatic heterocycles. The minimum Gasteiger partial charge on any atom is -0.494 e. The molecule has 0 saturated carbocycles. The second-order valence-corrected chi connectivity index (χ2v) is 8.96. The van der Waals surface area contributed by atoms with Crippen LogP contribution in [-0.2, 0) is 21.1 Å². The first-order chi connectivity index (χ1) is 14.9. The lowest BCUT2D eigenvalue weighted by Gasteiger charge is -2.19. The molecule has 1 unspecified atom stereocenters. The van der Waals surface area contributed by atoms with Crippen molar-refractivity contribution in [2.75, 3.05) is 13.2 Å². The topological polar surface area (TPSA) is 85.4 Å². The number of pyridine rings is 1. The van der Waals surface area contributed by atoms with Crippen LogP contribution in [0.2, 0.25) is 0 Å². The van der Waals surface area contributed by atoms with E-state index in [-0.39, 0.29) is 23.8 Å². The van der Waals surface area contributed by atoms with E-state index < -0.39 is 20.9 Å². The Morgan fingerprint density at radius 1 is 1.10 bits per heavy atom. The zero-order chi connectivity index (χ0) is 22.3. The molecule has 0 aliphatic rings. The highest BCUT2D eigenvalue weighted by Gasteiger charge is 2.30. The van der Waals surface area contributed by atoms with Crippen LogP contribution in [0, 0.1) is 5.82 Å². The fraction of sp³-hybridized carbons (Fsp3) is 0.217. The number of halogens is 1. The number of benzene rings is 2. The zero-order valence-corrected chi connectivity index (χ0v) is 17.8. The van der Waals surface area contributed by atoms with Crippen molar-refractivity contribution in [3.05, 3.63) is 90.0 Å². The Morgan fingerprint density at radius 3 is 2.42 bits per heavy atom. The van der Waals surface area contributed by atoms with Gasteiger partial charge in [-0.25, -0.2) is 12.8 Å². The molecule has 1 aromatic heterocycles. The van der Waals surface area contributed by atoms with Crippen LogP contribution in [-0.4, -0.2) is 32.5 Å². The number of nitrogens with one attached hydrogen (secondary N) is 1. The van der Waals surface area contributed by atoms with Crippen LogP contribution >= 0.6 is 0 Å². The largest absolute Gasteiger partial charge is 0.494 e. The van der Waals surface area contributed by atoms with Gasteiger partial charge in [-0.1, -0.05) is 18.2 Å². The van der Waals surface area contributed by atoms with Crippen LogP contribution in [0.3, 0.4) is 0 Å². The molecule has 0 aliphatic carbocycles. The Kier molecular flexibility index (Phi) is 7.36. The first-order valence-electron chi connectivity index (χ1n) is 9.78. The van der Waals surface area contributed by atoms with E-state index in [1.54, 1.807) is 36.4 Å². The molecule has 3 aromatic rings. The summed E-state index contributed by atoms with van der Waals surface area (Å²) in [5, 5.41) is 1.65. The average Bonchev–Trinajstić information content (AvgIpc) is 2.76. The summed E-state index contributed by atoms with van der Waals surface area (Å²) in [5.74, 6) is -0.124. The van der Waals surface area contributed by atoms with Crippen LogP contribution in [0.5, 0.6) is 5.75 Å². The van der Waals surface area contributed by atoms with Gasteiger partial charge >= 0.3 is 0 Å². The first-order valence-corrected chi connectivity index (χ1v) is 11.3. The third-order valence-electron chi connectivity index (χ3n) is 4.66. The highest BCUT2D eigenvalue weighted by Crippen LogP contribution is 2.28. The van der Waals surface area contributed by atoms with Gasteiger partial charge in [-0.3, -0.25) is 9.78 Å². The van der Waals surface area contributed by atoms with Crippen LogP contribution in [0.25, 0.3) is 0 Å². The Labute approximate surface area is 181 Å². The van der Waals surface area contributed by atoms with E-state index in [0.717, 1.165) is 17.7 Å². The number of amides is 1. The molecule has 1 atom stereocenters. The summed E-state index contributed by atoms with van der Waals surface area (Å²) in [6, 6.07) is 15.0. The third kappa shape index (κ3) is 5.88. The maximum absolute atomic E-state index is 13.3. The molecule has 1 N–H and O–H groups in total. The van der Waals surface area contributed by atoms with Crippen molar-refractivity contribution in [2.45, 2.75) is 23.5 Å². The van der Waals surface area contributed by atoms with Crippen molar-refractivity contribution in [3.8, 4) is 5.75 Å². The molecular weight excluding hydrogens is 419 g/mol. The van der Waals surface area contributed by atoms with E-state index in [1.165, 1.54) is 24.5 Å². The van der Waals surface area contributed by atoms with Gasteiger partial charge < -0.3 is 10.1 Å². The number of carbonyl (C=O) groups is 1. The Bertz CT molecular complexity index is 1100. The normalized spacial score (nSPS) is 12.2. The van der Waals surface area contributed by atoms with Gasteiger partial charge in [0, 0.05) is 18.9 Å². The van der Waals surface area contributed by atoms with Crippen molar-refractivity contribution >= 4 is 15.7 Å².